The molecule has 0 aliphatic rings. The van der Waals surface area contributed by atoms with Gasteiger partial charge in [0.05, 0.1) is 10.6 Å². The SMILES string of the molecule is CCC(CC)(N(c1cccc2c(C(=O)NCc3ccccc3)cccc12)S(=O)(=O)c1cc(Cl)cc(Cl)c1)P(=O)(O)O. The standard InChI is InChI=1S/C29H29Cl2N2O6PS/c1-3-29(4-2,40(35,36)37)33(41(38,39)23-17-21(30)16-22(31)18-23)27-15-9-12-24-25(27)13-8-14-26(24)28(34)32-19-20-10-6-5-7-11-20/h5-18H,3-4,19H2,1-2H3,(H,32,34)(H2,35,36,37). The number of amides is 1. The number of nitrogens with one attached hydrogen (secondary N) is 1. The number of anilines is 1. The lowest BCUT2D eigenvalue weighted by Crippen LogP contribution is -2.51. The van der Waals surface area contributed by atoms with E-state index in [9.17, 15) is 27.6 Å². The van der Waals surface area contributed by atoms with Crippen LogP contribution in [-0.4, -0.2) is 29.4 Å². The van der Waals surface area contributed by atoms with Gasteiger partial charge in [0.25, 0.3) is 15.9 Å². The van der Waals surface area contributed by atoms with Crippen molar-refractivity contribution in [3.05, 3.63) is 106 Å². The fourth-order valence-corrected chi connectivity index (χ4v) is 9.32. The maximum absolute atomic E-state index is 14.4. The summed E-state index contributed by atoms with van der Waals surface area (Å²) in [4.78, 5) is 34.3. The van der Waals surface area contributed by atoms with E-state index in [0.717, 1.165) is 9.87 Å². The number of benzene rings is 4. The zero-order chi connectivity index (χ0) is 30.0. The monoisotopic (exact) mass is 634 g/mol. The fraction of sp³-hybridized carbons (Fsp3) is 0.207. The molecule has 41 heavy (non-hydrogen) atoms. The molecular weight excluding hydrogens is 606 g/mol. The van der Waals surface area contributed by atoms with Crippen LogP contribution in [0.5, 0.6) is 0 Å². The summed E-state index contributed by atoms with van der Waals surface area (Å²) in [5.41, 5.74) is 1.18. The number of carbonyl (C=O) groups is 1. The fourth-order valence-electron chi connectivity index (χ4n) is 4.97. The van der Waals surface area contributed by atoms with E-state index in [0.29, 0.717) is 10.8 Å². The summed E-state index contributed by atoms with van der Waals surface area (Å²) >= 11 is 12.3. The van der Waals surface area contributed by atoms with Gasteiger partial charge >= 0.3 is 7.60 Å². The molecule has 4 rings (SSSR count). The van der Waals surface area contributed by atoms with Gasteiger partial charge < -0.3 is 15.1 Å². The molecule has 3 N–H and O–H groups in total. The number of halogens is 2. The van der Waals surface area contributed by atoms with Crippen molar-refractivity contribution in [1.82, 2.24) is 5.32 Å². The number of sulfonamides is 1. The summed E-state index contributed by atoms with van der Waals surface area (Å²) in [6, 6.07) is 22.6. The Kier molecular flexibility index (Phi) is 9.19. The van der Waals surface area contributed by atoms with E-state index < -0.39 is 22.9 Å². The number of rotatable bonds is 10. The molecule has 0 unspecified atom stereocenters. The molecule has 4 aromatic carbocycles. The van der Waals surface area contributed by atoms with Crippen LogP contribution in [0.2, 0.25) is 10.0 Å². The van der Waals surface area contributed by atoms with Crippen molar-refractivity contribution in [2.75, 3.05) is 4.31 Å². The summed E-state index contributed by atoms with van der Waals surface area (Å²) in [6.45, 7) is 3.31. The molecule has 0 aliphatic heterocycles. The Balaban J connectivity index is 1.96. The molecular formula is C29H29Cl2N2O6PS. The minimum Gasteiger partial charge on any atom is -0.348 e. The second kappa shape index (κ2) is 12.1. The van der Waals surface area contributed by atoms with E-state index in [1.807, 2.05) is 30.3 Å². The largest absolute Gasteiger partial charge is 0.351 e. The van der Waals surface area contributed by atoms with Gasteiger partial charge in [0, 0.05) is 27.5 Å². The molecule has 0 saturated carbocycles. The van der Waals surface area contributed by atoms with Crippen LogP contribution in [0.1, 0.15) is 42.6 Å². The average Bonchev–Trinajstić information content (AvgIpc) is 2.93. The first-order valence-corrected chi connectivity index (χ1v) is 16.6. The minimum absolute atomic E-state index is 0.00309. The van der Waals surface area contributed by atoms with Crippen molar-refractivity contribution < 1.29 is 27.6 Å². The van der Waals surface area contributed by atoms with E-state index in [2.05, 4.69) is 5.32 Å². The number of nitrogens with zero attached hydrogens (tertiary/aromatic N) is 1. The summed E-state index contributed by atoms with van der Waals surface area (Å²) in [5, 5.41) is 1.53. The number of carbonyl (C=O) groups excluding carboxylic acids is 1. The third-order valence-corrected chi connectivity index (χ3v) is 11.4. The maximum Gasteiger partial charge on any atom is 0.351 e. The van der Waals surface area contributed by atoms with E-state index >= 15 is 0 Å². The van der Waals surface area contributed by atoms with Gasteiger partial charge in [-0.05, 0) is 54.1 Å². The molecule has 0 fully saturated rings. The van der Waals surface area contributed by atoms with E-state index in [1.54, 1.807) is 30.3 Å². The van der Waals surface area contributed by atoms with Crippen LogP contribution >= 0.6 is 30.8 Å². The van der Waals surface area contributed by atoms with Crippen molar-refractivity contribution in [2.45, 2.75) is 43.4 Å². The molecule has 0 radical (unpaired) electrons. The summed E-state index contributed by atoms with van der Waals surface area (Å²) in [7, 11) is -9.78. The van der Waals surface area contributed by atoms with E-state index in [4.69, 9.17) is 23.2 Å². The zero-order valence-electron chi connectivity index (χ0n) is 22.3. The van der Waals surface area contributed by atoms with Crippen molar-refractivity contribution in [1.29, 1.82) is 0 Å². The van der Waals surface area contributed by atoms with Crippen molar-refractivity contribution in [2.24, 2.45) is 0 Å². The van der Waals surface area contributed by atoms with E-state index in [-0.39, 0.29) is 51.5 Å². The van der Waals surface area contributed by atoms with Gasteiger partial charge in [-0.15, -0.1) is 0 Å². The van der Waals surface area contributed by atoms with Gasteiger partial charge in [-0.25, -0.2) is 12.7 Å². The minimum atomic E-state index is -5.12. The molecule has 0 atom stereocenters. The van der Waals surface area contributed by atoms with Crippen LogP contribution in [0.25, 0.3) is 10.8 Å². The molecule has 0 heterocycles. The zero-order valence-corrected chi connectivity index (χ0v) is 25.5. The molecule has 1 amide bonds. The normalized spacial score (nSPS) is 12.3. The van der Waals surface area contributed by atoms with Crippen LogP contribution in [0, 0.1) is 0 Å². The molecule has 0 saturated heterocycles. The molecule has 12 heteroatoms. The van der Waals surface area contributed by atoms with Gasteiger partial charge in [-0.1, -0.05) is 91.6 Å². The lowest BCUT2D eigenvalue weighted by Gasteiger charge is -2.43. The predicted octanol–water partition coefficient (Wildman–Crippen LogP) is 6.97. The van der Waals surface area contributed by atoms with Gasteiger partial charge in [0.1, 0.15) is 0 Å². The quantitative estimate of drug-likeness (QED) is 0.162. The van der Waals surface area contributed by atoms with Crippen molar-refractivity contribution in [3.8, 4) is 0 Å². The Bertz CT molecular complexity index is 1720. The van der Waals surface area contributed by atoms with Crippen LogP contribution in [-0.2, 0) is 21.1 Å². The van der Waals surface area contributed by atoms with Crippen LogP contribution in [0.15, 0.2) is 89.8 Å². The van der Waals surface area contributed by atoms with Crippen LogP contribution in [0.3, 0.4) is 0 Å². The average molecular weight is 636 g/mol. The number of hydrogen-bond acceptors (Lipinski definition) is 4. The third-order valence-electron chi connectivity index (χ3n) is 7.09. The molecule has 4 aromatic rings. The topological polar surface area (TPSA) is 124 Å². The molecule has 0 bridgehead atoms. The Hall–Kier alpha value is -2.91. The molecule has 0 aromatic heterocycles. The van der Waals surface area contributed by atoms with Crippen LogP contribution < -0.4 is 9.62 Å². The summed E-state index contributed by atoms with van der Waals surface area (Å²) < 4.78 is 42.6. The first-order valence-electron chi connectivity index (χ1n) is 12.8. The second-order valence-corrected chi connectivity index (χ2v) is 14.0. The smallest absolute Gasteiger partial charge is 0.348 e. The Morgan fingerprint density at radius 2 is 1.46 bits per heavy atom. The third kappa shape index (κ3) is 6.02. The molecule has 0 spiro atoms. The highest BCUT2D eigenvalue weighted by Crippen LogP contribution is 2.59. The lowest BCUT2D eigenvalue weighted by molar-refractivity contribution is 0.0952. The van der Waals surface area contributed by atoms with E-state index in [1.165, 1.54) is 38.1 Å². The summed E-state index contributed by atoms with van der Waals surface area (Å²) in [5.74, 6) is -0.389. The van der Waals surface area contributed by atoms with Gasteiger partial charge in [-0.3, -0.25) is 9.36 Å². The predicted molar refractivity (Wildman–Crippen MR) is 163 cm³/mol. The van der Waals surface area contributed by atoms with Crippen molar-refractivity contribution in [3.63, 3.8) is 0 Å². The first kappa shape index (κ1) is 31.0. The second-order valence-electron chi connectivity index (χ2n) is 9.45. The number of hydrogen-bond donors (Lipinski definition) is 3. The first-order chi connectivity index (χ1) is 19.4. The Labute approximate surface area is 249 Å². The van der Waals surface area contributed by atoms with Crippen molar-refractivity contribution >= 4 is 63.2 Å². The highest BCUT2D eigenvalue weighted by atomic mass is 35.5. The number of fused-ring (bicyclic) bond motifs is 1. The highest BCUT2D eigenvalue weighted by molar-refractivity contribution is 7.93. The van der Waals surface area contributed by atoms with Gasteiger partial charge in [0.15, 0.2) is 5.28 Å². The molecule has 0 aliphatic carbocycles. The van der Waals surface area contributed by atoms with Crippen LogP contribution in [0.4, 0.5) is 5.69 Å². The highest BCUT2D eigenvalue weighted by Gasteiger charge is 2.54. The molecule has 8 nitrogen and oxygen atoms in total. The van der Waals surface area contributed by atoms with Gasteiger partial charge in [-0.2, -0.15) is 0 Å². The maximum atomic E-state index is 14.4. The summed E-state index contributed by atoms with van der Waals surface area (Å²) in [6.07, 6.45) is -0.427. The Morgan fingerprint density at radius 1 is 0.878 bits per heavy atom. The van der Waals surface area contributed by atoms with Gasteiger partial charge in [0.2, 0.25) is 0 Å². The lowest BCUT2D eigenvalue weighted by atomic mass is 10.0. The Morgan fingerprint density at radius 3 is 2.05 bits per heavy atom. The molecule has 216 valence electrons.